The summed E-state index contributed by atoms with van der Waals surface area (Å²) in [6, 6.07) is 2.14. The topological polar surface area (TPSA) is 46.2 Å². The zero-order chi connectivity index (χ0) is 10.7. The van der Waals surface area contributed by atoms with Crippen LogP contribution in [0.3, 0.4) is 0 Å². The van der Waals surface area contributed by atoms with Crippen LogP contribution in [0.2, 0.25) is 0 Å². The summed E-state index contributed by atoms with van der Waals surface area (Å²) in [5.41, 5.74) is 5.81. The molecule has 1 rings (SSSR count). The summed E-state index contributed by atoms with van der Waals surface area (Å²) >= 11 is 3.10. The van der Waals surface area contributed by atoms with Gasteiger partial charge in [-0.3, -0.25) is 0 Å². The molecule has 0 aliphatic rings. The van der Waals surface area contributed by atoms with E-state index in [9.17, 15) is 9.50 Å². The Morgan fingerprint density at radius 1 is 1.64 bits per heavy atom. The predicted octanol–water partition coefficient (Wildman–Crippen LogP) is 2.87. The molecule has 2 nitrogen and oxygen atoms in total. The van der Waals surface area contributed by atoms with Gasteiger partial charge in [-0.15, -0.1) is 6.58 Å². The number of nitrogens with two attached hydrogens (primary N) is 1. The molecule has 3 N–H and O–H groups in total. The summed E-state index contributed by atoms with van der Waals surface area (Å²) in [7, 11) is 0. The van der Waals surface area contributed by atoms with Gasteiger partial charge in [-0.25, -0.2) is 4.39 Å². The van der Waals surface area contributed by atoms with Gasteiger partial charge in [-0.05, 0) is 34.5 Å². The highest BCUT2D eigenvalue weighted by atomic mass is 79.9. The van der Waals surface area contributed by atoms with Crippen molar-refractivity contribution in [1.82, 2.24) is 0 Å². The molecule has 0 saturated carbocycles. The standard InChI is InChI=1S/C10H11BrFNO/c1-2-3-8(13)9-7(12)5-4-6(11)10(9)14/h2,4-5,8,14H,1,3,13H2/t8-/m1/s1. The molecular formula is C10H11BrFNO. The lowest BCUT2D eigenvalue weighted by molar-refractivity contribution is 0.446. The molecule has 0 spiro atoms. The maximum atomic E-state index is 13.3. The zero-order valence-electron chi connectivity index (χ0n) is 7.50. The second kappa shape index (κ2) is 4.57. The second-order valence-electron chi connectivity index (χ2n) is 2.92. The van der Waals surface area contributed by atoms with E-state index in [1.165, 1.54) is 12.1 Å². The van der Waals surface area contributed by atoms with Crippen LogP contribution in [0, 0.1) is 5.82 Å². The molecule has 0 heterocycles. The number of benzene rings is 1. The van der Waals surface area contributed by atoms with Gasteiger partial charge in [0.2, 0.25) is 0 Å². The fourth-order valence-electron chi connectivity index (χ4n) is 1.21. The highest BCUT2D eigenvalue weighted by Crippen LogP contribution is 2.34. The lowest BCUT2D eigenvalue weighted by atomic mass is 10.0. The van der Waals surface area contributed by atoms with Crippen LogP contribution in [0.15, 0.2) is 29.3 Å². The quantitative estimate of drug-likeness (QED) is 0.821. The van der Waals surface area contributed by atoms with Crippen LogP contribution < -0.4 is 5.73 Å². The summed E-state index contributed by atoms with van der Waals surface area (Å²) in [6.45, 7) is 3.51. The average Bonchev–Trinajstić information content (AvgIpc) is 2.13. The van der Waals surface area contributed by atoms with Crippen LogP contribution in [-0.4, -0.2) is 5.11 Å². The fraction of sp³-hybridized carbons (Fsp3) is 0.200. The normalized spacial score (nSPS) is 12.5. The number of hydrogen-bond acceptors (Lipinski definition) is 2. The van der Waals surface area contributed by atoms with Gasteiger partial charge in [0.25, 0.3) is 0 Å². The molecule has 0 amide bonds. The maximum Gasteiger partial charge on any atom is 0.137 e. The van der Waals surface area contributed by atoms with Crippen molar-refractivity contribution < 1.29 is 9.50 Å². The van der Waals surface area contributed by atoms with Crippen molar-refractivity contribution in [2.75, 3.05) is 0 Å². The molecule has 76 valence electrons. The number of phenols is 1. The average molecular weight is 260 g/mol. The summed E-state index contributed by atoms with van der Waals surface area (Å²) in [5.74, 6) is -0.639. The maximum absolute atomic E-state index is 13.3. The molecule has 14 heavy (non-hydrogen) atoms. The number of rotatable bonds is 3. The molecule has 0 bridgehead atoms. The van der Waals surface area contributed by atoms with Crippen LogP contribution >= 0.6 is 15.9 Å². The van der Waals surface area contributed by atoms with Gasteiger partial charge in [-0.2, -0.15) is 0 Å². The minimum Gasteiger partial charge on any atom is -0.506 e. The highest BCUT2D eigenvalue weighted by molar-refractivity contribution is 9.10. The molecule has 1 aromatic rings. The third kappa shape index (κ3) is 2.13. The number of aromatic hydroxyl groups is 1. The van der Waals surface area contributed by atoms with Gasteiger partial charge in [0.15, 0.2) is 0 Å². The Morgan fingerprint density at radius 2 is 2.29 bits per heavy atom. The van der Waals surface area contributed by atoms with Crippen LogP contribution in [0.1, 0.15) is 18.0 Å². The van der Waals surface area contributed by atoms with Crippen molar-refractivity contribution in [3.05, 3.63) is 40.6 Å². The third-order valence-electron chi connectivity index (χ3n) is 1.91. The largest absolute Gasteiger partial charge is 0.506 e. The van der Waals surface area contributed by atoms with Gasteiger partial charge >= 0.3 is 0 Å². The van der Waals surface area contributed by atoms with Crippen molar-refractivity contribution >= 4 is 15.9 Å². The molecule has 1 atom stereocenters. The Morgan fingerprint density at radius 3 is 2.86 bits per heavy atom. The first-order chi connectivity index (χ1) is 6.57. The molecule has 0 aliphatic heterocycles. The van der Waals surface area contributed by atoms with Gasteiger partial charge in [0, 0.05) is 11.6 Å². The summed E-state index contributed by atoms with van der Waals surface area (Å²) < 4.78 is 13.7. The second-order valence-corrected chi connectivity index (χ2v) is 3.78. The highest BCUT2D eigenvalue weighted by Gasteiger charge is 2.16. The number of hydrogen-bond donors (Lipinski definition) is 2. The van der Waals surface area contributed by atoms with E-state index in [1.807, 2.05) is 0 Å². The Balaban J connectivity index is 3.17. The van der Waals surface area contributed by atoms with Crippen molar-refractivity contribution in [2.45, 2.75) is 12.5 Å². The lowest BCUT2D eigenvalue weighted by Gasteiger charge is -2.13. The summed E-state index contributed by atoms with van der Waals surface area (Å²) in [4.78, 5) is 0. The molecule has 4 heteroatoms. The van der Waals surface area contributed by atoms with Crippen LogP contribution in [0.4, 0.5) is 4.39 Å². The number of halogens is 2. The Kier molecular flexibility index (Phi) is 3.66. The van der Waals surface area contributed by atoms with Gasteiger partial charge in [-0.1, -0.05) is 6.08 Å². The minimum atomic E-state index is -0.565. The monoisotopic (exact) mass is 259 g/mol. The van der Waals surface area contributed by atoms with Gasteiger partial charge < -0.3 is 10.8 Å². The van der Waals surface area contributed by atoms with E-state index >= 15 is 0 Å². The first-order valence-electron chi connectivity index (χ1n) is 4.11. The molecule has 0 unspecified atom stereocenters. The minimum absolute atomic E-state index is 0.124. The zero-order valence-corrected chi connectivity index (χ0v) is 9.09. The van der Waals surface area contributed by atoms with E-state index in [4.69, 9.17) is 5.73 Å². The van der Waals surface area contributed by atoms with Crippen molar-refractivity contribution in [3.8, 4) is 5.75 Å². The van der Waals surface area contributed by atoms with E-state index < -0.39 is 11.9 Å². The number of phenolic OH excluding ortho intramolecular Hbond substituents is 1. The Bertz CT molecular complexity index is 354. The third-order valence-corrected chi connectivity index (χ3v) is 2.55. The smallest absolute Gasteiger partial charge is 0.137 e. The molecule has 1 aromatic carbocycles. The Hall–Kier alpha value is -0.870. The van der Waals surface area contributed by atoms with Crippen LogP contribution in [0.25, 0.3) is 0 Å². The lowest BCUT2D eigenvalue weighted by Crippen LogP contribution is -2.11. The van der Waals surface area contributed by atoms with Crippen LogP contribution in [0.5, 0.6) is 5.75 Å². The molecule has 0 aromatic heterocycles. The molecule has 0 fully saturated rings. The molecule has 0 aliphatic carbocycles. The molecule has 0 radical (unpaired) electrons. The van der Waals surface area contributed by atoms with E-state index in [-0.39, 0.29) is 11.3 Å². The van der Waals surface area contributed by atoms with E-state index in [2.05, 4.69) is 22.5 Å². The van der Waals surface area contributed by atoms with Gasteiger partial charge in [0.1, 0.15) is 11.6 Å². The first kappa shape index (κ1) is 11.2. The predicted molar refractivity (Wildman–Crippen MR) is 57.5 cm³/mol. The molecule has 0 saturated heterocycles. The summed E-state index contributed by atoms with van der Waals surface area (Å²) in [5, 5.41) is 9.57. The van der Waals surface area contributed by atoms with Crippen molar-refractivity contribution in [3.63, 3.8) is 0 Å². The van der Waals surface area contributed by atoms with Crippen LogP contribution in [-0.2, 0) is 0 Å². The van der Waals surface area contributed by atoms with E-state index in [0.29, 0.717) is 10.9 Å². The molecular weight excluding hydrogens is 249 g/mol. The fourth-order valence-corrected chi connectivity index (χ4v) is 1.55. The van der Waals surface area contributed by atoms with Crippen molar-refractivity contribution in [2.24, 2.45) is 5.73 Å². The SMILES string of the molecule is C=CC[C@@H](N)c1c(F)ccc(Br)c1O. The first-order valence-corrected chi connectivity index (χ1v) is 4.90. The van der Waals surface area contributed by atoms with E-state index in [0.717, 1.165) is 0 Å². The van der Waals surface area contributed by atoms with E-state index in [1.54, 1.807) is 6.08 Å². The Labute approximate surface area is 90.4 Å². The summed E-state index contributed by atoms with van der Waals surface area (Å²) in [6.07, 6.45) is 2.01. The van der Waals surface area contributed by atoms with Gasteiger partial charge in [0.05, 0.1) is 4.47 Å². The van der Waals surface area contributed by atoms with Crippen molar-refractivity contribution in [1.29, 1.82) is 0 Å².